The van der Waals surface area contributed by atoms with E-state index in [0.29, 0.717) is 5.39 Å². The second kappa shape index (κ2) is 6.43. The maximum atomic E-state index is 12.2. The molecule has 0 amide bonds. The second-order valence-corrected chi connectivity index (χ2v) is 4.62. The number of carbonyl (C=O) groups excluding carboxylic acids is 2. The van der Waals surface area contributed by atoms with Gasteiger partial charge in [-0.3, -0.25) is 0 Å². The minimum absolute atomic E-state index is 0.0432. The number of carbonyl (C=O) groups is 2. The van der Waals surface area contributed by atoms with Gasteiger partial charge in [-0.1, -0.05) is 6.07 Å². The van der Waals surface area contributed by atoms with Gasteiger partial charge >= 0.3 is 11.9 Å². The number of pyridine rings is 1. The Bertz CT molecular complexity index is 739. The maximum absolute atomic E-state index is 12.2. The maximum Gasteiger partial charge on any atom is 0.356 e. The summed E-state index contributed by atoms with van der Waals surface area (Å²) in [4.78, 5) is 28.2. The monoisotopic (exact) mass is 303 g/mol. The highest BCUT2D eigenvalue weighted by Crippen LogP contribution is 2.30. The number of aryl methyl sites for hydroxylation is 1. The molecule has 22 heavy (non-hydrogen) atoms. The zero-order valence-corrected chi connectivity index (χ0v) is 12.7. The van der Waals surface area contributed by atoms with Gasteiger partial charge < -0.3 is 14.6 Å². The molecule has 1 aromatic heterocycles. The summed E-state index contributed by atoms with van der Waals surface area (Å²) < 4.78 is 9.93. The van der Waals surface area contributed by atoms with Crippen molar-refractivity contribution in [1.29, 1.82) is 0 Å². The molecule has 2 aromatic rings. The van der Waals surface area contributed by atoms with Gasteiger partial charge in [0.2, 0.25) is 0 Å². The standard InChI is InChI=1S/C16H17NO5/c1-4-21-15(19)10-8-11(16(20)22-5-2)17-14-12(18)7-6-9(3)13(10)14/h6-8,18H,4-5H2,1-3H3. The zero-order valence-electron chi connectivity index (χ0n) is 12.7. The molecule has 6 nitrogen and oxygen atoms in total. The molecule has 1 heterocycles. The molecular formula is C16H17NO5. The summed E-state index contributed by atoms with van der Waals surface area (Å²) in [5.41, 5.74) is 1.06. The predicted molar refractivity (Wildman–Crippen MR) is 80.1 cm³/mol. The highest BCUT2D eigenvalue weighted by atomic mass is 16.5. The predicted octanol–water partition coefficient (Wildman–Crippen LogP) is 2.60. The van der Waals surface area contributed by atoms with Crippen LogP contribution in [0.5, 0.6) is 5.75 Å². The number of hydrogen-bond donors (Lipinski definition) is 1. The molecule has 1 N–H and O–H groups in total. The molecule has 0 fully saturated rings. The van der Waals surface area contributed by atoms with E-state index in [1.165, 1.54) is 12.1 Å². The van der Waals surface area contributed by atoms with E-state index in [0.717, 1.165) is 5.56 Å². The molecule has 0 saturated heterocycles. The van der Waals surface area contributed by atoms with Crippen LogP contribution in [0, 0.1) is 6.92 Å². The Balaban J connectivity index is 2.75. The Kier molecular flexibility index (Phi) is 4.60. The fourth-order valence-electron chi connectivity index (χ4n) is 2.18. The number of nitrogens with zero attached hydrogens (tertiary/aromatic N) is 1. The quantitative estimate of drug-likeness (QED) is 0.874. The Hall–Kier alpha value is -2.63. The lowest BCUT2D eigenvalue weighted by atomic mass is 10.0. The molecule has 0 spiro atoms. The van der Waals surface area contributed by atoms with E-state index in [-0.39, 0.29) is 35.7 Å². The lowest BCUT2D eigenvalue weighted by molar-refractivity contribution is 0.0519. The van der Waals surface area contributed by atoms with Gasteiger partial charge in [-0.05, 0) is 38.5 Å². The van der Waals surface area contributed by atoms with Gasteiger partial charge in [-0.2, -0.15) is 0 Å². The van der Waals surface area contributed by atoms with E-state index in [1.54, 1.807) is 26.8 Å². The number of benzene rings is 1. The van der Waals surface area contributed by atoms with Gasteiger partial charge in [0.25, 0.3) is 0 Å². The highest BCUT2D eigenvalue weighted by molar-refractivity contribution is 6.08. The van der Waals surface area contributed by atoms with Crippen LogP contribution in [0.15, 0.2) is 18.2 Å². The van der Waals surface area contributed by atoms with Gasteiger partial charge in [0.1, 0.15) is 17.0 Å². The minimum Gasteiger partial charge on any atom is -0.506 e. The van der Waals surface area contributed by atoms with Crippen LogP contribution >= 0.6 is 0 Å². The van der Waals surface area contributed by atoms with Gasteiger partial charge in [0.15, 0.2) is 0 Å². The van der Waals surface area contributed by atoms with Crippen molar-refractivity contribution in [2.24, 2.45) is 0 Å². The third-order valence-electron chi connectivity index (χ3n) is 3.13. The van der Waals surface area contributed by atoms with E-state index < -0.39 is 11.9 Å². The first-order valence-electron chi connectivity index (χ1n) is 6.97. The number of phenols is 1. The number of phenolic OH excluding ortho intramolecular Hbond substituents is 1. The molecule has 0 radical (unpaired) electrons. The number of hydrogen-bond acceptors (Lipinski definition) is 6. The topological polar surface area (TPSA) is 85.7 Å². The first-order valence-corrected chi connectivity index (χ1v) is 6.97. The molecule has 2 rings (SSSR count). The van der Waals surface area contributed by atoms with Crippen molar-refractivity contribution >= 4 is 22.8 Å². The second-order valence-electron chi connectivity index (χ2n) is 4.62. The van der Waals surface area contributed by atoms with Gasteiger partial charge in [0, 0.05) is 5.39 Å². The minimum atomic E-state index is -0.657. The summed E-state index contributed by atoms with van der Waals surface area (Å²) in [5, 5.41) is 10.5. The average Bonchev–Trinajstić information content (AvgIpc) is 2.50. The van der Waals surface area contributed by atoms with Gasteiger partial charge in [0.05, 0.1) is 18.8 Å². The SMILES string of the molecule is CCOC(=O)c1cc(C(=O)OCC)c2c(C)ccc(O)c2n1. The number of ether oxygens (including phenoxy) is 2. The highest BCUT2D eigenvalue weighted by Gasteiger charge is 2.21. The smallest absolute Gasteiger partial charge is 0.356 e. The fraction of sp³-hybridized carbons (Fsp3) is 0.312. The molecule has 1 aromatic carbocycles. The number of aromatic nitrogens is 1. The Morgan fingerprint density at radius 2 is 1.77 bits per heavy atom. The largest absolute Gasteiger partial charge is 0.506 e. The Morgan fingerprint density at radius 1 is 1.14 bits per heavy atom. The fourth-order valence-corrected chi connectivity index (χ4v) is 2.18. The van der Waals surface area contributed by atoms with E-state index in [4.69, 9.17) is 9.47 Å². The van der Waals surface area contributed by atoms with Crippen molar-refractivity contribution in [2.45, 2.75) is 20.8 Å². The van der Waals surface area contributed by atoms with E-state index in [2.05, 4.69) is 4.98 Å². The zero-order chi connectivity index (χ0) is 16.3. The first-order chi connectivity index (χ1) is 10.5. The third kappa shape index (κ3) is 2.86. The molecule has 0 atom stereocenters. The van der Waals surface area contributed by atoms with Crippen LogP contribution in [0.4, 0.5) is 0 Å². The normalized spacial score (nSPS) is 10.5. The van der Waals surface area contributed by atoms with Crippen LogP contribution in [0.1, 0.15) is 40.3 Å². The summed E-state index contributed by atoms with van der Waals surface area (Å²) in [6, 6.07) is 4.48. The van der Waals surface area contributed by atoms with Crippen molar-refractivity contribution in [3.8, 4) is 5.75 Å². The molecule has 6 heteroatoms. The van der Waals surface area contributed by atoms with Crippen LogP contribution in [-0.4, -0.2) is 35.2 Å². The number of aromatic hydroxyl groups is 1. The third-order valence-corrected chi connectivity index (χ3v) is 3.13. The molecule has 0 unspecified atom stereocenters. The first kappa shape index (κ1) is 15.8. The molecule has 0 aliphatic heterocycles. The van der Waals surface area contributed by atoms with Crippen LogP contribution in [0.3, 0.4) is 0 Å². The van der Waals surface area contributed by atoms with Crippen LogP contribution in [0.2, 0.25) is 0 Å². The van der Waals surface area contributed by atoms with Crippen molar-refractivity contribution in [3.63, 3.8) is 0 Å². The summed E-state index contributed by atoms with van der Waals surface area (Å²) in [5.74, 6) is -1.35. The van der Waals surface area contributed by atoms with Crippen molar-refractivity contribution < 1.29 is 24.2 Å². The van der Waals surface area contributed by atoms with Gasteiger partial charge in [-0.25, -0.2) is 14.6 Å². The number of esters is 2. The molecule has 0 bridgehead atoms. The van der Waals surface area contributed by atoms with Gasteiger partial charge in [-0.15, -0.1) is 0 Å². The average molecular weight is 303 g/mol. The van der Waals surface area contributed by atoms with Crippen molar-refractivity contribution in [2.75, 3.05) is 13.2 Å². The number of rotatable bonds is 4. The molecule has 116 valence electrons. The van der Waals surface area contributed by atoms with Crippen LogP contribution in [0.25, 0.3) is 10.9 Å². The Labute approximate surface area is 127 Å². The number of fused-ring (bicyclic) bond motifs is 1. The molecule has 0 saturated carbocycles. The van der Waals surface area contributed by atoms with Crippen LogP contribution < -0.4 is 0 Å². The summed E-state index contributed by atoms with van der Waals surface area (Å²) in [6.07, 6.45) is 0. The lowest BCUT2D eigenvalue weighted by Crippen LogP contribution is -2.12. The molecule has 0 aliphatic rings. The molecule has 0 aliphatic carbocycles. The Morgan fingerprint density at radius 3 is 2.41 bits per heavy atom. The summed E-state index contributed by atoms with van der Waals surface area (Å²) in [6.45, 7) is 5.54. The van der Waals surface area contributed by atoms with Crippen molar-refractivity contribution in [3.05, 3.63) is 35.0 Å². The van der Waals surface area contributed by atoms with E-state index in [1.807, 2.05) is 0 Å². The van der Waals surface area contributed by atoms with Crippen LogP contribution in [-0.2, 0) is 9.47 Å². The van der Waals surface area contributed by atoms with Crippen molar-refractivity contribution in [1.82, 2.24) is 4.98 Å². The van der Waals surface area contributed by atoms with E-state index >= 15 is 0 Å². The lowest BCUT2D eigenvalue weighted by Gasteiger charge is -2.11. The summed E-state index contributed by atoms with van der Waals surface area (Å²) in [7, 11) is 0. The molecular weight excluding hydrogens is 286 g/mol. The van der Waals surface area contributed by atoms with E-state index in [9.17, 15) is 14.7 Å². The summed E-state index contributed by atoms with van der Waals surface area (Å²) >= 11 is 0.